The van der Waals surface area contributed by atoms with Gasteiger partial charge >= 0.3 is 0 Å². The smallest absolute Gasteiger partial charge is 0.0543 e. The normalized spacial score (nSPS) is 27.7. The van der Waals surface area contributed by atoms with E-state index in [-0.39, 0.29) is 0 Å². The zero-order valence-electron chi connectivity index (χ0n) is 11.9. The number of rotatable bonds is 2. The van der Waals surface area contributed by atoms with E-state index in [9.17, 15) is 0 Å². The first-order valence-corrected chi connectivity index (χ1v) is 6.83. The van der Waals surface area contributed by atoms with E-state index in [2.05, 4.69) is 57.7 Å². The molecule has 0 bridgehead atoms. The quantitative estimate of drug-likeness (QED) is 0.685. The number of hydrogen-bond acceptors (Lipinski definition) is 1. The van der Waals surface area contributed by atoms with E-state index in [0.29, 0.717) is 11.5 Å². The monoisotopic (exact) mass is 231 g/mol. The lowest BCUT2D eigenvalue weighted by atomic mass is 9.76. The molecule has 0 N–H and O–H groups in total. The van der Waals surface area contributed by atoms with Gasteiger partial charge in [0.05, 0.1) is 6.04 Å². The number of nitrogens with zero attached hydrogens (tertiary/aromatic N) is 1. The molecule has 0 saturated carbocycles. The van der Waals surface area contributed by atoms with E-state index in [1.165, 1.54) is 24.1 Å². The Bertz CT molecular complexity index is 396. The van der Waals surface area contributed by atoms with Crippen LogP contribution in [0.1, 0.15) is 47.5 Å². The highest BCUT2D eigenvalue weighted by Gasteiger charge is 2.37. The van der Waals surface area contributed by atoms with Crippen molar-refractivity contribution in [2.75, 3.05) is 6.54 Å². The standard InChI is InChI=1S/C16H25N/c1-6-8-14-12(3)13-11-16(4,5)10-9-15(13)17(14)7-2/h6,8,11,15H,7,9-10H2,1-5H3/b8-6-. The topological polar surface area (TPSA) is 3.24 Å². The van der Waals surface area contributed by atoms with Crippen LogP contribution >= 0.6 is 0 Å². The van der Waals surface area contributed by atoms with Gasteiger partial charge in [-0.05, 0) is 56.3 Å². The molecule has 0 saturated heterocycles. The zero-order chi connectivity index (χ0) is 12.6. The van der Waals surface area contributed by atoms with E-state index < -0.39 is 0 Å². The molecule has 1 heteroatoms. The molecule has 0 aromatic rings. The molecule has 94 valence electrons. The van der Waals surface area contributed by atoms with Crippen LogP contribution in [0, 0.1) is 5.41 Å². The molecule has 1 unspecified atom stereocenters. The first-order chi connectivity index (χ1) is 8.00. The van der Waals surface area contributed by atoms with E-state index in [1.54, 1.807) is 5.57 Å². The number of allylic oxidation sites excluding steroid dienone is 3. The van der Waals surface area contributed by atoms with Gasteiger partial charge in [-0.25, -0.2) is 0 Å². The zero-order valence-corrected chi connectivity index (χ0v) is 11.9. The average Bonchev–Trinajstić information content (AvgIpc) is 2.52. The maximum atomic E-state index is 2.57. The van der Waals surface area contributed by atoms with E-state index in [0.717, 1.165) is 6.54 Å². The fourth-order valence-corrected chi connectivity index (χ4v) is 3.24. The molecule has 0 radical (unpaired) electrons. The molecule has 2 rings (SSSR count). The predicted molar refractivity (Wildman–Crippen MR) is 74.8 cm³/mol. The van der Waals surface area contributed by atoms with Crippen molar-refractivity contribution in [2.45, 2.75) is 53.5 Å². The van der Waals surface area contributed by atoms with Crippen LogP contribution in [0.2, 0.25) is 0 Å². The Morgan fingerprint density at radius 3 is 2.76 bits per heavy atom. The van der Waals surface area contributed by atoms with Crippen LogP contribution in [0.3, 0.4) is 0 Å². The molecule has 0 aromatic carbocycles. The van der Waals surface area contributed by atoms with Crippen molar-refractivity contribution in [3.63, 3.8) is 0 Å². The second-order valence-electron chi connectivity index (χ2n) is 5.94. The van der Waals surface area contributed by atoms with Gasteiger partial charge in [0, 0.05) is 12.2 Å². The van der Waals surface area contributed by atoms with Crippen molar-refractivity contribution in [2.24, 2.45) is 5.41 Å². The lowest BCUT2D eigenvalue weighted by molar-refractivity contribution is 0.262. The van der Waals surface area contributed by atoms with Gasteiger partial charge < -0.3 is 4.90 Å². The van der Waals surface area contributed by atoms with Crippen LogP contribution in [-0.2, 0) is 0 Å². The molecule has 0 fully saturated rings. The lowest BCUT2D eigenvalue weighted by Crippen LogP contribution is -2.34. The molecule has 0 aromatic heterocycles. The number of hydrogen-bond donors (Lipinski definition) is 0. The summed E-state index contributed by atoms with van der Waals surface area (Å²) in [6, 6.07) is 0.638. The molecular formula is C16H25N. The van der Waals surface area contributed by atoms with Gasteiger partial charge in [0.25, 0.3) is 0 Å². The summed E-state index contributed by atoms with van der Waals surface area (Å²) in [7, 11) is 0. The van der Waals surface area contributed by atoms with Gasteiger partial charge in [0.2, 0.25) is 0 Å². The van der Waals surface area contributed by atoms with Gasteiger partial charge in [-0.1, -0.05) is 26.0 Å². The van der Waals surface area contributed by atoms with Crippen molar-refractivity contribution in [3.8, 4) is 0 Å². The summed E-state index contributed by atoms with van der Waals surface area (Å²) in [5, 5.41) is 0. The fraction of sp³-hybridized carbons (Fsp3) is 0.625. The summed E-state index contributed by atoms with van der Waals surface area (Å²) in [4.78, 5) is 2.57. The third-order valence-electron chi connectivity index (χ3n) is 4.14. The SMILES string of the molecule is C/C=C\C1=C(C)C2=CC(C)(C)CCC2N1CC. The molecule has 1 aliphatic heterocycles. The van der Waals surface area contributed by atoms with Crippen molar-refractivity contribution in [1.82, 2.24) is 4.90 Å². The summed E-state index contributed by atoms with van der Waals surface area (Å²) in [5.41, 5.74) is 4.88. The van der Waals surface area contributed by atoms with Gasteiger partial charge in [0.15, 0.2) is 0 Å². The van der Waals surface area contributed by atoms with Crippen molar-refractivity contribution in [1.29, 1.82) is 0 Å². The maximum absolute atomic E-state index is 2.57. The fourth-order valence-electron chi connectivity index (χ4n) is 3.24. The average molecular weight is 231 g/mol. The van der Waals surface area contributed by atoms with Crippen LogP contribution < -0.4 is 0 Å². The molecule has 17 heavy (non-hydrogen) atoms. The highest BCUT2D eigenvalue weighted by atomic mass is 15.2. The number of likely N-dealkylation sites (N-methyl/N-ethyl adjacent to an activating group) is 1. The first kappa shape index (κ1) is 12.5. The first-order valence-electron chi connectivity index (χ1n) is 6.83. The summed E-state index contributed by atoms with van der Waals surface area (Å²) < 4.78 is 0. The third-order valence-corrected chi connectivity index (χ3v) is 4.14. The Hall–Kier alpha value is -0.980. The van der Waals surface area contributed by atoms with E-state index in [1.807, 2.05) is 0 Å². The molecular weight excluding hydrogens is 206 g/mol. The Labute approximate surface area is 106 Å². The molecule has 0 spiro atoms. The Morgan fingerprint density at radius 2 is 2.18 bits per heavy atom. The summed E-state index contributed by atoms with van der Waals surface area (Å²) in [5.74, 6) is 0. The van der Waals surface area contributed by atoms with E-state index >= 15 is 0 Å². The summed E-state index contributed by atoms with van der Waals surface area (Å²) in [6.07, 6.45) is 9.53. The number of fused-ring (bicyclic) bond motifs is 1. The minimum absolute atomic E-state index is 0.373. The van der Waals surface area contributed by atoms with Gasteiger partial charge in [-0.3, -0.25) is 0 Å². The highest BCUT2D eigenvalue weighted by molar-refractivity contribution is 5.49. The van der Waals surface area contributed by atoms with Crippen molar-refractivity contribution in [3.05, 3.63) is 35.1 Å². The van der Waals surface area contributed by atoms with Gasteiger partial charge in [0.1, 0.15) is 0 Å². The minimum atomic E-state index is 0.373. The second-order valence-corrected chi connectivity index (χ2v) is 5.94. The molecule has 1 nitrogen and oxygen atoms in total. The predicted octanol–water partition coefficient (Wildman–Crippen LogP) is 4.29. The molecule has 1 aliphatic carbocycles. The van der Waals surface area contributed by atoms with E-state index in [4.69, 9.17) is 0 Å². The highest BCUT2D eigenvalue weighted by Crippen LogP contribution is 2.44. The van der Waals surface area contributed by atoms with Crippen LogP contribution in [0.15, 0.2) is 35.1 Å². The molecule has 1 atom stereocenters. The third kappa shape index (κ3) is 2.08. The summed E-state index contributed by atoms with van der Waals surface area (Å²) in [6.45, 7) is 12.5. The second kappa shape index (κ2) is 4.36. The molecule has 0 amide bonds. The molecule has 1 heterocycles. The lowest BCUT2D eigenvalue weighted by Gasteiger charge is -2.35. The summed E-state index contributed by atoms with van der Waals surface area (Å²) >= 11 is 0. The Balaban J connectivity index is 2.45. The maximum Gasteiger partial charge on any atom is 0.0543 e. The van der Waals surface area contributed by atoms with Crippen LogP contribution in [0.4, 0.5) is 0 Å². The minimum Gasteiger partial charge on any atom is -0.365 e. The largest absolute Gasteiger partial charge is 0.365 e. The molecule has 2 aliphatic rings. The Morgan fingerprint density at radius 1 is 1.47 bits per heavy atom. The van der Waals surface area contributed by atoms with Gasteiger partial charge in [-0.2, -0.15) is 0 Å². The van der Waals surface area contributed by atoms with Crippen molar-refractivity contribution < 1.29 is 0 Å². The van der Waals surface area contributed by atoms with Crippen LogP contribution in [0.5, 0.6) is 0 Å². The Kier molecular flexibility index (Phi) is 3.20. The van der Waals surface area contributed by atoms with Crippen LogP contribution in [-0.4, -0.2) is 17.5 Å². The van der Waals surface area contributed by atoms with Gasteiger partial charge in [-0.15, -0.1) is 0 Å². The van der Waals surface area contributed by atoms with Crippen LogP contribution in [0.25, 0.3) is 0 Å². The van der Waals surface area contributed by atoms with Crippen molar-refractivity contribution >= 4 is 0 Å².